The number of rotatable bonds is 6. The van der Waals surface area contributed by atoms with Gasteiger partial charge in [-0.05, 0) is 54.8 Å². The molecule has 4 rings (SSSR count). The number of halogens is 3. The first-order valence-electron chi connectivity index (χ1n) is 10.4. The lowest BCUT2D eigenvalue weighted by Gasteiger charge is -2.33. The Hall–Kier alpha value is -2.81. The molecule has 0 amide bonds. The second kappa shape index (κ2) is 13.8. The van der Waals surface area contributed by atoms with E-state index in [-0.39, 0.29) is 55.3 Å². The molecule has 1 fully saturated rings. The van der Waals surface area contributed by atoms with Crippen LogP contribution in [0.5, 0.6) is 5.75 Å². The number of nitrogens with two attached hydrogens (primary N) is 1. The second-order valence-corrected chi connectivity index (χ2v) is 7.63. The van der Waals surface area contributed by atoms with E-state index in [4.69, 9.17) is 25.8 Å². The van der Waals surface area contributed by atoms with Gasteiger partial charge in [0.05, 0.1) is 12.6 Å². The van der Waals surface area contributed by atoms with Gasteiger partial charge in [-0.1, -0.05) is 18.9 Å². The zero-order valence-corrected chi connectivity index (χ0v) is 21.2. The van der Waals surface area contributed by atoms with Gasteiger partial charge < -0.3 is 21.1 Å². The highest BCUT2D eigenvalue weighted by Gasteiger charge is 2.26. The predicted octanol–water partition coefficient (Wildman–Crippen LogP) is 4.68. The number of hydrogen-bond acceptors (Lipinski definition) is 6. The Labute approximate surface area is 217 Å². The van der Waals surface area contributed by atoms with Crippen LogP contribution in [-0.2, 0) is 0 Å². The molecule has 8 nitrogen and oxygen atoms in total. The number of anilines is 1. The third-order valence-corrected chi connectivity index (χ3v) is 5.46. The number of aromatic nitrogens is 3. The van der Waals surface area contributed by atoms with Crippen molar-refractivity contribution < 1.29 is 4.74 Å². The first-order chi connectivity index (χ1) is 15.1. The summed E-state index contributed by atoms with van der Waals surface area (Å²) in [5.74, 6) is 2.10. The van der Waals surface area contributed by atoms with Crippen LogP contribution in [0.4, 0.5) is 5.82 Å². The van der Waals surface area contributed by atoms with Crippen molar-refractivity contribution in [2.45, 2.75) is 37.8 Å². The van der Waals surface area contributed by atoms with Gasteiger partial charge in [-0.25, -0.2) is 9.97 Å². The van der Waals surface area contributed by atoms with E-state index in [2.05, 4.69) is 15.6 Å². The van der Waals surface area contributed by atoms with Gasteiger partial charge >= 0.3 is 0 Å². The van der Waals surface area contributed by atoms with Crippen LogP contribution in [0.2, 0.25) is 0 Å². The number of benzene rings is 1. The van der Waals surface area contributed by atoms with E-state index in [1.54, 1.807) is 19.5 Å². The number of guanidine groups is 1. The molecule has 0 aliphatic heterocycles. The SMILES string of the molecule is COc1ccc2nc(/C=C/c3cccnc3)nc(N[C@H]3CCCC[C@H]3NC(=N)N)c2c1.Cl.Cl.Cl. The Morgan fingerprint density at radius 3 is 2.53 bits per heavy atom. The van der Waals surface area contributed by atoms with E-state index in [1.165, 1.54) is 0 Å². The first kappa shape index (κ1) is 29.2. The van der Waals surface area contributed by atoms with Crippen molar-refractivity contribution in [2.75, 3.05) is 12.4 Å². The lowest BCUT2D eigenvalue weighted by molar-refractivity contribution is 0.377. The van der Waals surface area contributed by atoms with E-state index >= 15 is 0 Å². The van der Waals surface area contributed by atoms with Crippen molar-refractivity contribution in [1.82, 2.24) is 20.3 Å². The van der Waals surface area contributed by atoms with Crippen LogP contribution < -0.4 is 21.1 Å². The summed E-state index contributed by atoms with van der Waals surface area (Å²) in [4.78, 5) is 13.6. The van der Waals surface area contributed by atoms with Gasteiger partial charge in [0.2, 0.25) is 0 Å². The van der Waals surface area contributed by atoms with Gasteiger partial charge in [0.15, 0.2) is 11.8 Å². The minimum atomic E-state index is -0.00647. The summed E-state index contributed by atoms with van der Waals surface area (Å²) in [7, 11) is 1.65. The molecule has 1 saturated carbocycles. The summed E-state index contributed by atoms with van der Waals surface area (Å²) in [5, 5.41) is 15.2. The number of pyridine rings is 1. The number of methoxy groups -OCH3 is 1. The van der Waals surface area contributed by atoms with Gasteiger partial charge in [0.25, 0.3) is 0 Å². The summed E-state index contributed by atoms with van der Waals surface area (Å²) < 4.78 is 5.42. The molecule has 0 spiro atoms. The average Bonchev–Trinajstić information content (AvgIpc) is 2.79. The number of nitrogens with zero attached hydrogens (tertiary/aromatic N) is 3. The fourth-order valence-corrected chi connectivity index (χ4v) is 3.93. The first-order valence-corrected chi connectivity index (χ1v) is 10.4. The third kappa shape index (κ3) is 7.35. The summed E-state index contributed by atoms with van der Waals surface area (Å²) in [6.07, 6.45) is 11.5. The van der Waals surface area contributed by atoms with Crippen LogP contribution >= 0.6 is 37.2 Å². The quantitative estimate of drug-likeness (QED) is 0.272. The number of hydrogen-bond donors (Lipinski definition) is 4. The summed E-state index contributed by atoms with van der Waals surface area (Å²) in [6, 6.07) is 9.85. The zero-order valence-electron chi connectivity index (χ0n) is 18.7. The van der Waals surface area contributed by atoms with Crippen molar-refractivity contribution in [3.05, 3.63) is 54.1 Å². The van der Waals surface area contributed by atoms with Crippen LogP contribution in [0.15, 0.2) is 42.7 Å². The Balaban J connectivity index is 0.00000193. The molecule has 5 N–H and O–H groups in total. The summed E-state index contributed by atoms with van der Waals surface area (Å²) in [5.41, 5.74) is 7.42. The van der Waals surface area contributed by atoms with Crippen LogP contribution in [-0.4, -0.2) is 40.1 Å². The predicted molar refractivity (Wildman–Crippen MR) is 146 cm³/mol. The van der Waals surface area contributed by atoms with Gasteiger partial charge in [-0.2, -0.15) is 0 Å². The molecule has 1 aromatic carbocycles. The molecule has 34 heavy (non-hydrogen) atoms. The highest BCUT2D eigenvalue weighted by molar-refractivity contribution is 5.91. The van der Waals surface area contributed by atoms with E-state index < -0.39 is 0 Å². The summed E-state index contributed by atoms with van der Waals surface area (Å²) >= 11 is 0. The van der Waals surface area contributed by atoms with Crippen molar-refractivity contribution in [1.29, 1.82) is 5.41 Å². The Bertz CT molecular complexity index is 1100. The third-order valence-electron chi connectivity index (χ3n) is 5.46. The van der Waals surface area contributed by atoms with E-state index in [0.29, 0.717) is 5.82 Å². The van der Waals surface area contributed by atoms with Crippen molar-refractivity contribution in [2.24, 2.45) is 5.73 Å². The second-order valence-electron chi connectivity index (χ2n) is 7.63. The monoisotopic (exact) mass is 525 g/mol. The molecule has 0 unspecified atom stereocenters. The molecule has 2 heterocycles. The standard InChI is InChI=1S/C23H27N7O.3ClH/c1-31-16-9-10-18-17(13-16)22(28-19-6-2-3-7-20(19)29-23(24)25)30-21(27-18)11-8-15-5-4-12-26-14-15;;;/h4-5,8-14,19-20H,2-3,6-7H2,1H3,(H4,24,25,29)(H,27,28,30);3*1H/b11-8+;;;/t19-,20+;;;/m0.../s1. The molecule has 2 aromatic heterocycles. The van der Waals surface area contributed by atoms with E-state index in [1.807, 2.05) is 42.5 Å². The van der Waals surface area contributed by atoms with Crippen LogP contribution in [0.25, 0.3) is 23.1 Å². The molecule has 1 aliphatic carbocycles. The van der Waals surface area contributed by atoms with Gasteiger partial charge in [0, 0.05) is 29.9 Å². The zero-order chi connectivity index (χ0) is 21.6. The number of fused-ring (bicyclic) bond motifs is 1. The van der Waals surface area contributed by atoms with Crippen LogP contribution in [0.3, 0.4) is 0 Å². The minimum Gasteiger partial charge on any atom is -0.497 e. The molecule has 1 aliphatic rings. The van der Waals surface area contributed by atoms with Gasteiger partial charge in [-0.3, -0.25) is 10.4 Å². The fraction of sp³-hybridized carbons (Fsp3) is 0.304. The smallest absolute Gasteiger partial charge is 0.185 e. The lowest BCUT2D eigenvalue weighted by Crippen LogP contribution is -2.50. The molecule has 11 heteroatoms. The van der Waals surface area contributed by atoms with Gasteiger partial charge in [-0.15, -0.1) is 37.2 Å². The average molecular weight is 527 g/mol. The Morgan fingerprint density at radius 2 is 1.85 bits per heavy atom. The van der Waals surface area contributed by atoms with E-state index in [9.17, 15) is 0 Å². The fourth-order valence-electron chi connectivity index (χ4n) is 3.93. The molecular formula is C23H30Cl3N7O. The van der Waals surface area contributed by atoms with E-state index in [0.717, 1.165) is 53.7 Å². The van der Waals surface area contributed by atoms with Crippen LogP contribution in [0, 0.1) is 5.41 Å². The van der Waals surface area contributed by atoms with Crippen molar-refractivity contribution in [3.63, 3.8) is 0 Å². The number of ether oxygens (including phenoxy) is 1. The minimum absolute atomic E-state index is 0. The molecule has 0 saturated heterocycles. The Kier molecular flexibility index (Phi) is 11.9. The van der Waals surface area contributed by atoms with Crippen LogP contribution in [0.1, 0.15) is 37.1 Å². The highest BCUT2D eigenvalue weighted by atomic mass is 35.5. The highest BCUT2D eigenvalue weighted by Crippen LogP contribution is 2.29. The molecular weight excluding hydrogens is 497 g/mol. The molecule has 3 aromatic rings. The molecule has 184 valence electrons. The maximum absolute atomic E-state index is 7.64. The maximum atomic E-state index is 7.64. The lowest BCUT2D eigenvalue weighted by atomic mass is 9.90. The van der Waals surface area contributed by atoms with Crippen molar-refractivity contribution >= 4 is 72.1 Å². The number of nitrogens with one attached hydrogen (secondary N) is 3. The molecule has 0 radical (unpaired) electrons. The maximum Gasteiger partial charge on any atom is 0.185 e. The normalized spacial score (nSPS) is 17.1. The molecule has 2 atom stereocenters. The van der Waals surface area contributed by atoms with Crippen molar-refractivity contribution in [3.8, 4) is 5.75 Å². The summed E-state index contributed by atoms with van der Waals surface area (Å²) in [6.45, 7) is 0. The Morgan fingerprint density at radius 1 is 1.09 bits per heavy atom. The topological polar surface area (TPSA) is 122 Å². The largest absolute Gasteiger partial charge is 0.497 e. The molecule has 0 bridgehead atoms. The van der Waals surface area contributed by atoms with Gasteiger partial charge in [0.1, 0.15) is 11.6 Å².